The van der Waals surface area contributed by atoms with Crippen LogP contribution >= 0.6 is 15.9 Å². The SMILES string of the molecule is Cc1oc2ccc(Br)cc2c2cc(=O)ccc1-2. The van der Waals surface area contributed by atoms with Crippen molar-refractivity contribution in [3.8, 4) is 11.1 Å². The fourth-order valence-corrected chi connectivity index (χ4v) is 2.44. The zero-order valence-corrected chi connectivity index (χ0v) is 10.7. The van der Waals surface area contributed by atoms with Gasteiger partial charge in [-0.1, -0.05) is 15.9 Å². The highest BCUT2D eigenvalue weighted by Gasteiger charge is 2.12. The Morgan fingerprint density at radius 2 is 1.88 bits per heavy atom. The highest BCUT2D eigenvalue weighted by molar-refractivity contribution is 9.10. The molecule has 3 heteroatoms. The van der Waals surface area contributed by atoms with E-state index in [-0.39, 0.29) is 5.43 Å². The molecule has 0 bridgehead atoms. The quantitative estimate of drug-likeness (QED) is 0.586. The van der Waals surface area contributed by atoms with E-state index in [9.17, 15) is 4.79 Å². The Hall–Kier alpha value is -1.61. The smallest absolute Gasteiger partial charge is 0.179 e. The molecule has 2 aliphatic rings. The second kappa shape index (κ2) is 3.70. The Labute approximate surface area is 106 Å². The van der Waals surface area contributed by atoms with Gasteiger partial charge >= 0.3 is 0 Å². The van der Waals surface area contributed by atoms with E-state index in [1.807, 2.05) is 31.2 Å². The summed E-state index contributed by atoms with van der Waals surface area (Å²) in [7, 11) is 0. The van der Waals surface area contributed by atoms with Gasteiger partial charge in [-0.3, -0.25) is 4.79 Å². The highest BCUT2D eigenvalue weighted by Crippen LogP contribution is 2.34. The maximum Gasteiger partial charge on any atom is 0.179 e. The normalized spacial score (nSPS) is 11.2. The average Bonchev–Trinajstić information content (AvgIpc) is 2.30. The lowest BCUT2D eigenvalue weighted by Gasteiger charge is -2.11. The lowest BCUT2D eigenvalue weighted by atomic mass is 9.99. The maximum atomic E-state index is 11.5. The lowest BCUT2D eigenvalue weighted by Crippen LogP contribution is -1.99. The molecule has 0 fully saturated rings. The van der Waals surface area contributed by atoms with Crippen LogP contribution in [-0.4, -0.2) is 0 Å². The summed E-state index contributed by atoms with van der Waals surface area (Å²) in [5.74, 6) is 0.829. The molecule has 1 aliphatic heterocycles. The summed E-state index contributed by atoms with van der Waals surface area (Å²) in [6.45, 7) is 1.91. The van der Waals surface area contributed by atoms with Crippen molar-refractivity contribution in [3.05, 3.63) is 56.9 Å². The van der Waals surface area contributed by atoms with Gasteiger partial charge in [0.15, 0.2) is 5.43 Å². The zero-order chi connectivity index (χ0) is 12.0. The van der Waals surface area contributed by atoms with Gasteiger partial charge in [0.25, 0.3) is 0 Å². The van der Waals surface area contributed by atoms with E-state index in [1.165, 1.54) is 0 Å². The van der Waals surface area contributed by atoms with E-state index in [2.05, 4.69) is 15.9 Å². The molecular weight excluding hydrogens is 280 g/mol. The predicted molar refractivity (Wildman–Crippen MR) is 71.5 cm³/mol. The van der Waals surface area contributed by atoms with Crippen molar-refractivity contribution in [2.75, 3.05) is 0 Å². The van der Waals surface area contributed by atoms with Crippen molar-refractivity contribution in [1.29, 1.82) is 0 Å². The highest BCUT2D eigenvalue weighted by atomic mass is 79.9. The van der Waals surface area contributed by atoms with Crippen LogP contribution in [0.25, 0.3) is 22.1 Å². The lowest BCUT2D eigenvalue weighted by molar-refractivity contribution is 0.568. The molecule has 0 saturated heterocycles. The molecule has 0 radical (unpaired) electrons. The van der Waals surface area contributed by atoms with Crippen molar-refractivity contribution in [1.82, 2.24) is 0 Å². The van der Waals surface area contributed by atoms with Gasteiger partial charge in [-0.2, -0.15) is 0 Å². The van der Waals surface area contributed by atoms with E-state index in [0.29, 0.717) is 0 Å². The van der Waals surface area contributed by atoms with E-state index in [1.54, 1.807) is 12.1 Å². The van der Waals surface area contributed by atoms with Crippen LogP contribution in [0.2, 0.25) is 0 Å². The topological polar surface area (TPSA) is 30.2 Å². The first kappa shape index (κ1) is 10.5. The molecule has 0 unspecified atom stereocenters. The Balaban J connectivity index is 2.58. The fraction of sp³-hybridized carbons (Fsp3) is 0.0714. The Morgan fingerprint density at radius 3 is 2.71 bits per heavy atom. The fourth-order valence-electron chi connectivity index (χ4n) is 2.07. The summed E-state index contributed by atoms with van der Waals surface area (Å²) in [4.78, 5) is 11.5. The second-order valence-corrected chi connectivity index (χ2v) is 4.92. The third kappa shape index (κ3) is 1.67. The predicted octanol–water partition coefficient (Wildman–Crippen LogP) is 3.97. The van der Waals surface area contributed by atoms with E-state index in [4.69, 9.17) is 4.42 Å². The molecule has 1 aliphatic carbocycles. The summed E-state index contributed by atoms with van der Waals surface area (Å²) in [5.41, 5.74) is 2.74. The van der Waals surface area contributed by atoms with Crippen molar-refractivity contribution < 1.29 is 4.42 Å². The molecular formula is C14H9BrO2. The molecule has 1 heterocycles. The summed E-state index contributed by atoms with van der Waals surface area (Å²) in [5, 5.41) is 0.956. The summed E-state index contributed by atoms with van der Waals surface area (Å²) in [6.07, 6.45) is 0. The van der Waals surface area contributed by atoms with Crippen molar-refractivity contribution in [3.63, 3.8) is 0 Å². The number of hydrogen-bond donors (Lipinski definition) is 0. The van der Waals surface area contributed by atoms with Gasteiger partial charge in [0.2, 0.25) is 0 Å². The number of fused-ring (bicyclic) bond motifs is 3. The van der Waals surface area contributed by atoms with Crippen molar-refractivity contribution in [2.45, 2.75) is 6.92 Å². The Morgan fingerprint density at radius 1 is 1.06 bits per heavy atom. The number of hydrogen-bond acceptors (Lipinski definition) is 2. The van der Waals surface area contributed by atoms with E-state index in [0.717, 1.165) is 32.3 Å². The second-order valence-electron chi connectivity index (χ2n) is 4.01. The minimum Gasteiger partial charge on any atom is -0.461 e. The van der Waals surface area contributed by atoms with Gasteiger partial charge in [-0.15, -0.1) is 0 Å². The first-order valence-corrected chi connectivity index (χ1v) is 6.07. The van der Waals surface area contributed by atoms with Crippen LogP contribution in [0.5, 0.6) is 0 Å². The number of rotatable bonds is 0. The molecule has 0 amide bonds. The van der Waals surface area contributed by atoms with Crippen LogP contribution in [0.1, 0.15) is 5.76 Å². The van der Waals surface area contributed by atoms with Gasteiger partial charge in [-0.25, -0.2) is 0 Å². The molecule has 17 heavy (non-hydrogen) atoms. The largest absolute Gasteiger partial charge is 0.461 e. The molecule has 1 aromatic carbocycles. The van der Waals surface area contributed by atoms with Crippen molar-refractivity contribution >= 4 is 26.9 Å². The van der Waals surface area contributed by atoms with Gasteiger partial charge < -0.3 is 4.42 Å². The molecule has 0 saturated carbocycles. The molecule has 3 rings (SSSR count). The Kier molecular flexibility index (Phi) is 2.30. The first-order chi connectivity index (χ1) is 8.15. The number of aryl methyl sites for hydroxylation is 1. The molecule has 0 atom stereocenters. The van der Waals surface area contributed by atoms with Crippen LogP contribution in [0.15, 0.2) is 50.1 Å². The molecule has 0 spiro atoms. The standard InChI is InChI=1S/C14H9BrO2/c1-8-11-4-3-10(16)7-12(11)13-6-9(15)2-5-14(13)17-8/h2-7H,1H3. The zero-order valence-electron chi connectivity index (χ0n) is 9.16. The third-order valence-electron chi connectivity index (χ3n) is 2.87. The summed E-state index contributed by atoms with van der Waals surface area (Å²) < 4.78 is 6.72. The van der Waals surface area contributed by atoms with Crippen LogP contribution in [-0.2, 0) is 0 Å². The number of benzene rings is 2. The van der Waals surface area contributed by atoms with E-state index >= 15 is 0 Å². The van der Waals surface area contributed by atoms with Crippen LogP contribution in [0.4, 0.5) is 0 Å². The van der Waals surface area contributed by atoms with Gasteiger partial charge in [0.1, 0.15) is 11.3 Å². The first-order valence-electron chi connectivity index (χ1n) is 5.28. The molecule has 2 nitrogen and oxygen atoms in total. The monoisotopic (exact) mass is 288 g/mol. The summed E-state index contributed by atoms with van der Waals surface area (Å²) in [6, 6.07) is 10.8. The molecule has 1 aromatic rings. The molecule has 0 aromatic heterocycles. The Bertz CT molecular complexity index is 743. The average molecular weight is 289 g/mol. The van der Waals surface area contributed by atoms with Crippen molar-refractivity contribution in [2.24, 2.45) is 0 Å². The van der Waals surface area contributed by atoms with E-state index < -0.39 is 0 Å². The minimum atomic E-state index is 0.0179. The minimum absolute atomic E-state index is 0.0179. The maximum absolute atomic E-state index is 11.5. The summed E-state index contributed by atoms with van der Waals surface area (Å²) >= 11 is 3.44. The van der Waals surface area contributed by atoms with Crippen LogP contribution in [0, 0.1) is 6.92 Å². The molecule has 0 N–H and O–H groups in total. The van der Waals surface area contributed by atoms with Gasteiger partial charge in [0.05, 0.1) is 0 Å². The molecule has 84 valence electrons. The number of halogens is 1. The van der Waals surface area contributed by atoms with Gasteiger partial charge in [0, 0.05) is 15.4 Å². The van der Waals surface area contributed by atoms with Gasteiger partial charge in [-0.05, 0) is 48.9 Å². The van der Waals surface area contributed by atoms with Crippen LogP contribution in [0.3, 0.4) is 0 Å². The van der Waals surface area contributed by atoms with Crippen LogP contribution < -0.4 is 5.43 Å². The third-order valence-corrected chi connectivity index (χ3v) is 3.36.